The number of morpholine rings is 1. The maximum absolute atomic E-state index is 5.58. The van der Waals surface area contributed by atoms with Crippen molar-refractivity contribution in [1.29, 1.82) is 0 Å². The minimum absolute atomic E-state index is 0.352. The van der Waals surface area contributed by atoms with Crippen LogP contribution in [0.15, 0.2) is 61.2 Å². The number of anilines is 2. The van der Waals surface area contributed by atoms with Gasteiger partial charge in [-0.1, -0.05) is 24.3 Å². The summed E-state index contributed by atoms with van der Waals surface area (Å²) >= 11 is 0. The molecule has 1 aliphatic heterocycles. The molecule has 4 aromatic rings. The third kappa shape index (κ3) is 4.79. The van der Waals surface area contributed by atoms with Gasteiger partial charge in [0.1, 0.15) is 17.8 Å². The molecule has 1 atom stereocenters. The van der Waals surface area contributed by atoms with Crippen LogP contribution in [0.5, 0.6) is 0 Å². The molecule has 2 aliphatic carbocycles. The van der Waals surface area contributed by atoms with Gasteiger partial charge in [0, 0.05) is 68.5 Å². The number of fused-ring (bicyclic) bond motifs is 3. The first-order chi connectivity index (χ1) is 20.1. The van der Waals surface area contributed by atoms with Gasteiger partial charge in [0.2, 0.25) is 0 Å². The minimum atomic E-state index is -0.352. The van der Waals surface area contributed by atoms with Crippen molar-refractivity contribution in [2.75, 3.05) is 50.6 Å². The number of allylic oxidation sites excluding steroid dienone is 1. The van der Waals surface area contributed by atoms with Gasteiger partial charge in [-0.25, -0.2) is 9.97 Å². The van der Waals surface area contributed by atoms with Gasteiger partial charge in [-0.2, -0.15) is 0 Å². The molecule has 3 aromatic heterocycles. The normalized spacial score (nSPS) is 24.7. The van der Waals surface area contributed by atoms with Gasteiger partial charge in [-0.3, -0.25) is 9.88 Å². The Hall–Kier alpha value is -3.75. The maximum Gasteiger partial charge on any atom is 0.143 e. The van der Waals surface area contributed by atoms with Crippen molar-refractivity contribution in [2.24, 2.45) is 0 Å². The van der Waals surface area contributed by atoms with E-state index in [1.54, 1.807) is 6.33 Å². The molecule has 1 saturated carbocycles. The van der Waals surface area contributed by atoms with E-state index in [2.05, 4.69) is 92.7 Å². The highest BCUT2D eigenvalue weighted by atomic mass is 16.5. The average Bonchev–Trinajstić information content (AvgIpc) is 3.41. The molecule has 1 aromatic carbocycles. The summed E-state index contributed by atoms with van der Waals surface area (Å²) in [6.45, 7) is 3.86. The molecule has 7 rings (SSSR count). The lowest BCUT2D eigenvalue weighted by Gasteiger charge is -2.39. The van der Waals surface area contributed by atoms with Crippen molar-refractivity contribution in [3.05, 3.63) is 83.6 Å². The van der Waals surface area contributed by atoms with Crippen LogP contribution in [0.3, 0.4) is 0 Å². The van der Waals surface area contributed by atoms with Crippen LogP contribution in [0.25, 0.3) is 17.1 Å². The number of pyridine rings is 1. The second kappa shape index (κ2) is 10.9. The van der Waals surface area contributed by atoms with Crippen LogP contribution < -0.4 is 10.2 Å². The molecule has 1 saturated heterocycles. The number of benzene rings is 1. The fraction of sp³-hybridized carbons (Fsp3) is 0.424. The van der Waals surface area contributed by atoms with Gasteiger partial charge in [0.25, 0.3) is 0 Å². The summed E-state index contributed by atoms with van der Waals surface area (Å²) in [7, 11) is 4.23. The molecular weight excluding hydrogens is 510 g/mol. The monoisotopic (exact) mass is 549 g/mol. The largest absolute Gasteiger partial charge is 0.379 e. The highest BCUT2D eigenvalue weighted by molar-refractivity contribution is 5.94. The molecule has 0 bridgehead atoms. The van der Waals surface area contributed by atoms with Crippen LogP contribution >= 0.6 is 0 Å². The fourth-order valence-corrected chi connectivity index (χ4v) is 7.25. The number of nitrogens with one attached hydrogen (secondary N) is 2. The van der Waals surface area contributed by atoms with Crippen molar-refractivity contribution in [1.82, 2.24) is 24.8 Å². The van der Waals surface area contributed by atoms with E-state index in [9.17, 15) is 0 Å². The summed E-state index contributed by atoms with van der Waals surface area (Å²) in [5.41, 5.74) is 6.64. The van der Waals surface area contributed by atoms with E-state index in [4.69, 9.17) is 9.72 Å². The first kappa shape index (κ1) is 26.2. The predicted octanol–water partition coefficient (Wildman–Crippen LogP) is 5.03. The Bertz CT molecular complexity index is 1530. The van der Waals surface area contributed by atoms with E-state index in [-0.39, 0.29) is 5.41 Å². The van der Waals surface area contributed by atoms with Crippen molar-refractivity contribution < 1.29 is 4.74 Å². The molecule has 0 amide bonds. The van der Waals surface area contributed by atoms with Crippen LogP contribution in [0.1, 0.15) is 48.1 Å². The standard InChI is InChI=1S/C33H39N7O/c1-39(2)29-6-4-3-5-27(29)33(23-12-15-34-16-13-23)14-11-28-26(21-33)30-31(35-22-36-32(30)38-28)37-24-7-9-25(10-8-24)40-17-19-41-20-18-40/h3-6,11-16,22,24-25H,7-10,17-21H2,1-2H3,(H2,35,36,37,38). The summed E-state index contributed by atoms with van der Waals surface area (Å²) in [6, 6.07) is 14.1. The molecule has 2 N–H and O–H groups in total. The highest BCUT2D eigenvalue weighted by Gasteiger charge is 2.39. The Morgan fingerprint density at radius 3 is 2.56 bits per heavy atom. The quantitative estimate of drug-likeness (QED) is 0.349. The molecule has 3 aliphatic rings. The molecule has 8 heteroatoms. The van der Waals surface area contributed by atoms with E-state index < -0.39 is 0 Å². The van der Waals surface area contributed by atoms with Crippen molar-refractivity contribution in [2.45, 2.75) is 49.6 Å². The number of ether oxygens (including phenoxy) is 1. The van der Waals surface area contributed by atoms with E-state index >= 15 is 0 Å². The summed E-state index contributed by atoms with van der Waals surface area (Å²) in [4.78, 5) is 22.3. The van der Waals surface area contributed by atoms with Crippen molar-refractivity contribution in [3.63, 3.8) is 0 Å². The second-order valence-corrected chi connectivity index (χ2v) is 11.9. The molecule has 0 radical (unpaired) electrons. The Morgan fingerprint density at radius 2 is 1.78 bits per heavy atom. The Morgan fingerprint density at radius 1 is 1.00 bits per heavy atom. The summed E-state index contributed by atoms with van der Waals surface area (Å²) in [6.07, 6.45) is 15.6. The second-order valence-electron chi connectivity index (χ2n) is 11.9. The lowest BCUT2D eigenvalue weighted by molar-refractivity contribution is 0.00791. The first-order valence-corrected chi connectivity index (χ1v) is 14.9. The summed E-state index contributed by atoms with van der Waals surface area (Å²) in [5.74, 6) is 0.946. The highest BCUT2D eigenvalue weighted by Crippen LogP contribution is 2.47. The van der Waals surface area contributed by atoms with Gasteiger partial charge >= 0.3 is 0 Å². The topological polar surface area (TPSA) is 82.2 Å². The predicted molar refractivity (Wildman–Crippen MR) is 164 cm³/mol. The smallest absolute Gasteiger partial charge is 0.143 e. The van der Waals surface area contributed by atoms with E-state index in [1.165, 1.54) is 35.2 Å². The van der Waals surface area contributed by atoms with Gasteiger partial charge < -0.3 is 19.9 Å². The van der Waals surface area contributed by atoms with Gasteiger partial charge in [0.05, 0.1) is 18.6 Å². The van der Waals surface area contributed by atoms with Crippen LogP contribution in [0.2, 0.25) is 0 Å². The molecular formula is C33H39N7O. The first-order valence-electron chi connectivity index (χ1n) is 14.9. The number of nitrogens with zero attached hydrogens (tertiary/aromatic N) is 5. The fourth-order valence-electron chi connectivity index (χ4n) is 7.25. The van der Waals surface area contributed by atoms with E-state index in [0.29, 0.717) is 12.1 Å². The van der Waals surface area contributed by atoms with Crippen LogP contribution in [0.4, 0.5) is 11.5 Å². The van der Waals surface area contributed by atoms with Crippen LogP contribution in [0, 0.1) is 0 Å². The Kier molecular flexibility index (Phi) is 6.96. The number of aromatic nitrogens is 4. The van der Waals surface area contributed by atoms with Crippen molar-refractivity contribution >= 4 is 28.6 Å². The van der Waals surface area contributed by atoms with E-state index in [0.717, 1.165) is 68.1 Å². The number of rotatable bonds is 6. The number of H-pyrrole nitrogens is 1. The molecule has 4 heterocycles. The minimum Gasteiger partial charge on any atom is -0.379 e. The van der Waals surface area contributed by atoms with Gasteiger partial charge in [-0.05, 0) is 73.1 Å². The molecule has 8 nitrogen and oxygen atoms in total. The van der Waals surface area contributed by atoms with Crippen LogP contribution in [-0.4, -0.2) is 77.3 Å². The Labute approximate surface area is 241 Å². The Balaban J connectivity index is 1.23. The number of para-hydroxylation sites is 1. The lowest BCUT2D eigenvalue weighted by atomic mass is 9.67. The zero-order valence-electron chi connectivity index (χ0n) is 24.0. The van der Waals surface area contributed by atoms with Gasteiger partial charge in [0.15, 0.2) is 0 Å². The van der Waals surface area contributed by atoms with Gasteiger partial charge in [-0.15, -0.1) is 0 Å². The van der Waals surface area contributed by atoms with E-state index in [1.807, 2.05) is 12.4 Å². The average molecular weight is 550 g/mol. The SMILES string of the molecule is CN(C)c1ccccc1C1(c2ccncc2)C=Cc2[nH]c3ncnc(NC4CCC(N5CCOCC5)CC4)c3c2C1. The molecule has 0 spiro atoms. The number of aromatic amines is 1. The maximum atomic E-state index is 5.58. The number of hydrogen-bond donors (Lipinski definition) is 2. The zero-order valence-corrected chi connectivity index (χ0v) is 24.0. The van der Waals surface area contributed by atoms with Crippen molar-refractivity contribution in [3.8, 4) is 0 Å². The molecule has 41 heavy (non-hydrogen) atoms. The third-order valence-corrected chi connectivity index (χ3v) is 9.38. The molecule has 2 fully saturated rings. The number of hydrogen-bond acceptors (Lipinski definition) is 7. The molecule has 212 valence electrons. The third-order valence-electron chi connectivity index (χ3n) is 9.38. The lowest BCUT2D eigenvalue weighted by Crippen LogP contribution is -2.46. The summed E-state index contributed by atoms with van der Waals surface area (Å²) in [5, 5.41) is 4.98. The zero-order chi connectivity index (χ0) is 27.8. The molecule has 1 unspecified atom stereocenters. The van der Waals surface area contributed by atoms with Crippen LogP contribution in [-0.2, 0) is 16.6 Å². The summed E-state index contributed by atoms with van der Waals surface area (Å²) < 4.78 is 5.58.